The number of amides is 1. The number of non-ortho nitro benzene ring substituents is 1. The fraction of sp³-hybridized carbons (Fsp3) is 0.357. The lowest BCUT2D eigenvalue weighted by atomic mass is 9.87. The number of aromatic nitrogens is 2. The van der Waals surface area contributed by atoms with Crippen molar-refractivity contribution in [1.82, 2.24) is 9.55 Å². The summed E-state index contributed by atoms with van der Waals surface area (Å²) < 4.78 is 22.6. The molecule has 0 radical (unpaired) electrons. The molecule has 2 heterocycles. The molecule has 0 aliphatic carbocycles. The van der Waals surface area contributed by atoms with Gasteiger partial charge >= 0.3 is 11.8 Å². The number of hydrogen-bond donors (Lipinski definition) is 2. The molecule has 0 unspecified atom stereocenters. The fourth-order valence-electron chi connectivity index (χ4n) is 4.12. The predicted octanol–water partition coefficient (Wildman–Crippen LogP) is 3.33. The van der Waals surface area contributed by atoms with Crippen molar-refractivity contribution in [2.45, 2.75) is 51.0 Å². The van der Waals surface area contributed by atoms with Crippen LogP contribution in [0.2, 0.25) is 0 Å². The van der Waals surface area contributed by atoms with Gasteiger partial charge in [-0.25, -0.2) is 9.59 Å². The van der Waals surface area contributed by atoms with Crippen LogP contribution >= 0.6 is 0 Å². The van der Waals surface area contributed by atoms with E-state index in [9.17, 15) is 29.6 Å². The molecule has 14 nitrogen and oxygen atoms in total. The summed E-state index contributed by atoms with van der Waals surface area (Å²) in [6.07, 6.45) is -2.62. The van der Waals surface area contributed by atoms with Crippen LogP contribution in [0.4, 0.5) is 16.3 Å². The summed E-state index contributed by atoms with van der Waals surface area (Å²) in [5, 5.41) is 23.0. The largest absolute Gasteiger partial charge is 0.514 e. The molecule has 1 fully saturated rings. The molecular formula is C28H30N4O10. The third-order valence-corrected chi connectivity index (χ3v) is 6.35. The van der Waals surface area contributed by atoms with Gasteiger partial charge in [0, 0.05) is 24.8 Å². The summed E-state index contributed by atoms with van der Waals surface area (Å²) in [4.78, 5) is 51.3. The lowest BCUT2D eigenvalue weighted by molar-refractivity contribution is -0.384. The number of carbonyl (C=O) groups is 2. The van der Waals surface area contributed by atoms with Gasteiger partial charge in [-0.1, -0.05) is 32.9 Å². The minimum atomic E-state index is -1.12. The number of anilines is 1. The second-order valence-corrected chi connectivity index (χ2v) is 10.4. The van der Waals surface area contributed by atoms with Gasteiger partial charge in [0.15, 0.2) is 6.61 Å². The third-order valence-electron chi connectivity index (χ3n) is 6.35. The minimum Gasteiger partial charge on any atom is -0.484 e. The summed E-state index contributed by atoms with van der Waals surface area (Å²) >= 11 is 0. The van der Waals surface area contributed by atoms with Crippen LogP contribution in [0.1, 0.15) is 39.0 Å². The maximum Gasteiger partial charge on any atom is 0.514 e. The molecule has 222 valence electrons. The predicted molar refractivity (Wildman–Crippen MR) is 147 cm³/mol. The molecule has 3 aromatic rings. The van der Waals surface area contributed by atoms with E-state index in [1.165, 1.54) is 24.4 Å². The van der Waals surface area contributed by atoms with Crippen LogP contribution in [0.3, 0.4) is 0 Å². The summed E-state index contributed by atoms with van der Waals surface area (Å²) in [5.41, 5.74) is 0.187. The Labute approximate surface area is 240 Å². The van der Waals surface area contributed by atoms with E-state index in [1.54, 1.807) is 12.1 Å². The Hall–Kier alpha value is -4.82. The second-order valence-electron chi connectivity index (χ2n) is 10.4. The summed E-state index contributed by atoms with van der Waals surface area (Å²) in [7, 11) is 0. The SMILES string of the molecule is CC(C)(C)c1ccc(OCC(=O)Nc2ccn([C@H]3C[C@H](OC(=O)Oc4ccc([N+](=O)[O-])cc4)[C@@H](CO)O3)c(=O)n2)cc1. The molecule has 0 spiro atoms. The molecule has 1 aliphatic rings. The van der Waals surface area contributed by atoms with Crippen molar-refractivity contribution in [1.29, 1.82) is 0 Å². The molecule has 1 aliphatic heterocycles. The number of nitro groups is 1. The lowest BCUT2D eigenvalue weighted by Crippen LogP contribution is -2.31. The second kappa shape index (κ2) is 12.8. The number of aliphatic hydroxyl groups is 1. The van der Waals surface area contributed by atoms with Gasteiger partial charge in [0.2, 0.25) is 0 Å². The van der Waals surface area contributed by atoms with E-state index in [4.69, 9.17) is 18.9 Å². The van der Waals surface area contributed by atoms with E-state index in [2.05, 4.69) is 31.1 Å². The average molecular weight is 583 g/mol. The van der Waals surface area contributed by atoms with E-state index in [0.29, 0.717) is 5.75 Å². The van der Waals surface area contributed by atoms with E-state index in [1.807, 2.05) is 12.1 Å². The molecule has 1 saturated heterocycles. The first-order chi connectivity index (χ1) is 19.9. The maximum atomic E-state index is 12.7. The van der Waals surface area contributed by atoms with Crippen LogP contribution in [0.15, 0.2) is 65.6 Å². The Bertz CT molecular complexity index is 1480. The van der Waals surface area contributed by atoms with Crippen LogP contribution < -0.4 is 20.5 Å². The first-order valence-corrected chi connectivity index (χ1v) is 12.9. The van der Waals surface area contributed by atoms with Crippen molar-refractivity contribution < 1.29 is 38.6 Å². The first-order valence-electron chi connectivity index (χ1n) is 12.9. The number of nitrogens with zero attached hydrogens (tertiary/aromatic N) is 3. The highest BCUT2D eigenvalue weighted by atomic mass is 16.7. The molecule has 2 aromatic carbocycles. The van der Waals surface area contributed by atoms with Crippen LogP contribution in [0.5, 0.6) is 11.5 Å². The monoisotopic (exact) mass is 582 g/mol. The molecule has 0 bridgehead atoms. The van der Waals surface area contributed by atoms with Gasteiger partial charge in [0.1, 0.15) is 35.8 Å². The van der Waals surface area contributed by atoms with E-state index in [0.717, 1.165) is 22.3 Å². The highest BCUT2D eigenvalue weighted by Gasteiger charge is 2.39. The van der Waals surface area contributed by atoms with Gasteiger partial charge in [0.25, 0.3) is 11.6 Å². The summed E-state index contributed by atoms with van der Waals surface area (Å²) in [6.45, 7) is 5.47. The lowest BCUT2D eigenvalue weighted by Gasteiger charge is -2.19. The molecule has 42 heavy (non-hydrogen) atoms. The van der Waals surface area contributed by atoms with Gasteiger partial charge in [0.05, 0.1) is 11.5 Å². The number of aliphatic hydroxyl groups excluding tert-OH is 1. The summed E-state index contributed by atoms with van der Waals surface area (Å²) in [6, 6.07) is 13.6. The molecule has 14 heteroatoms. The smallest absolute Gasteiger partial charge is 0.484 e. The van der Waals surface area contributed by atoms with Gasteiger partial charge in [-0.05, 0) is 41.3 Å². The van der Waals surface area contributed by atoms with E-state index in [-0.39, 0.29) is 35.7 Å². The van der Waals surface area contributed by atoms with Crippen LogP contribution in [-0.2, 0) is 19.7 Å². The number of carbonyl (C=O) groups excluding carboxylic acids is 2. The van der Waals surface area contributed by atoms with Gasteiger partial charge in [-0.2, -0.15) is 4.98 Å². The van der Waals surface area contributed by atoms with Crippen LogP contribution in [-0.4, -0.2) is 57.1 Å². The van der Waals surface area contributed by atoms with Crippen LogP contribution in [0.25, 0.3) is 0 Å². The van der Waals surface area contributed by atoms with E-state index < -0.39 is 47.7 Å². The molecule has 3 atom stereocenters. The molecule has 0 saturated carbocycles. The van der Waals surface area contributed by atoms with Crippen molar-refractivity contribution in [3.63, 3.8) is 0 Å². The highest BCUT2D eigenvalue weighted by molar-refractivity contribution is 5.90. The number of ether oxygens (including phenoxy) is 4. The third kappa shape index (κ3) is 7.67. The number of nitrogens with one attached hydrogen (secondary N) is 1. The fourth-order valence-corrected chi connectivity index (χ4v) is 4.12. The Morgan fingerprint density at radius 1 is 1.12 bits per heavy atom. The molecule has 2 N–H and O–H groups in total. The Morgan fingerprint density at radius 3 is 2.38 bits per heavy atom. The zero-order valence-electron chi connectivity index (χ0n) is 23.1. The molecule has 4 rings (SSSR count). The Kier molecular flexibility index (Phi) is 9.18. The van der Waals surface area contributed by atoms with Crippen molar-refractivity contribution in [3.05, 3.63) is 87.0 Å². The summed E-state index contributed by atoms with van der Waals surface area (Å²) in [5.74, 6) is 0.0244. The van der Waals surface area contributed by atoms with E-state index >= 15 is 0 Å². The van der Waals surface area contributed by atoms with Crippen molar-refractivity contribution in [2.24, 2.45) is 0 Å². The number of benzene rings is 2. The Balaban J connectivity index is 1.31. The topological polar surface area (TPSA) is 181 Å². The van der Waals surface area contributed by atoms with Crippen molar-refractivity contribution in [3.8, 4) is 11.5 Å². The zero-order valence-corrected chi connectivity index (χ0v) is 23.1. The van der Waals surface area contributed by atoms with Gasteiger partial charge in [-0.15, -0.1) is 0 Å². The molecule has 1 amide bonds. The Morgan fingerprint density at radius 2 is 1.79 bits per heavy atom. The maximum absolute atomic E-state index is 12.7. The first kappa shape index (κ1) is 30.1. The molecular weight excluding hydrogens is 552 g/mol. The quantitative estimate of drug-likeness (QED) is 0.163. The van der Waals surface area contributed by atoms with Crippen molar-refractivity contribution >= 4 is 23.6 Å². The normalized spacial score (nSPS) is 18.2. The van der Waals surface area contributed by atoms with Gasteiger partial charge in [-0.3, -0.25) is 19.5 Å². The number of nitro benzene ring substituents is 1. The number of hydrogen-bond acceptors (Lipinski definition) is 11. The molecule has 1 aromatic heterocycles. The standard InChI is InChI=1S/C28H30N4O10/c1-28(2,3)17-4-8-19(9-5-17)39-16-24(34)29-23-12-13-31(26(35)30-23)25-14-21(22(15-33)41-25)42-27(36)40-20-10-6-18(7-11-20)32(37)38/h4-13,21-22,25,33H,14-16H2,1-3H3,(H,29,30,34,35)/t21-,22+,25+/m0/s1. The number of rotatable bonds is 9. The average Bonchev–Trinajstić information content (AvgIpc) is 3.34. The minimum absolute atomic E-state index is 0.00381. The van der Waals surface area contributed by atoms with Crippen LogP contribution in [0, 0.1) is 10.1 Å². The zero-order chi connectivity index (χ0) is 30.4. The van der Waals surface area contributed by atoms with Gasteiger partial charge < -0.3 is 29.4 Å². The highest BCUT2D eigenvalue weighted by Crippen LogP contribution is 2.30. The van der Waals surface area contributed by atoms with Crippen molar-refractivity contribution in [2.75, 3.05) is 18.5 Å².